The van der Waals surface area contributed by atoms with Crippen LogP contribution in [0.25, 0.3) is 22.4 Å². The Morgan fingerprint density at radius 3 is 2.35 bits per heavy atom. The van der Waals surface area contributed by atoms with E-state index >= 15 is 0 Å². The molecule has 0 saturated heterocycles. The number of hydrogen-bond acceptors (Lipinski definition) is 4. The van der Waals surface area contributed by atoms with Crippen LogP contribution in [0.15, 0.2) is 115 Å². The number of benzene rings is 3. The number of hydrogen-bond donors (Lipinski definition) is 1. The van der Waals surface area contributed by atoms with Gasteiger partial charge in [-0.1, -0.05) is 30.8 Å². The summed E-state index contributed by atoms with van der Waals surface area (Å²) in [6, 6.07) is 25.7. The molecule has 5 aromatic rings. The van der Waals surface area contributed by atoms with Gasteiger partial charge in [0.2, 0.25) is 5.91 Å². The lowest BCUT2D eigenvalue weighted by Gasteiger charge is -2.08. The maximum atomic E-state index is 13.6. The predicted octanol–water partition coefficient (Wildman–Crippen LogP) is 5.09. The van der Waals surface area contributed by atoms with Crippen molar-refractivity contribution in [1.82, 2.24) is 14.1 Å². The molecule has 1 N–H and O–H groups in total. The van der Waals surface area contributed by atoms with Gasteiger partial charge in [0.05, 0.1) is 28.6 Å². The van der Waals surface area contributed by atoms with Crippen LogP contribution in [0.4, 0.5) is 5.69 Å². The first-order valence-electron chi connectivity index (χ1n) is 10.6. The zero-order valence-corrected chi connectivity index (χ0v) is 18.1. The summed E-state index contributed by atoms with van der Waals surface area (Å²) in [7, 11) is 0. The normalized spacial score (nSPS) is 10.7. The van der Waals surface area contributed by atoms with E-state index in [0.717, 1.165) is 5.75 Å². The number of fused-ring (bicyclic) bond motifs is 1. The molecule has 0 unspecified atom stereocenters. The predicted molar refractivity (Wildman–Crippen MR) is 132 cm³/mol. The van der Waals surface area contributed by atoms with E-state index in [2.05, 4.69) is 16.9 Å². The van der Waals surface area contributed by atoms with Crippen molar-refractivity contribution in [3.8, 4) is 22.9 Å². The second-order valence-electron chi connectivity index (χ2n) is 7.47. The van der Waals surface area contributed by atoms with Gasteiger partial charge in [0.1, 0.15) is 11.5 Å². The molecule has 0 aliphatic rings. The summed E-state index contributed by atoms with van der Waals surface area (Å²) < 4.78 is 9.06. The number of nitrogens with one attached hydrogen (secondary N) is 1. The third-order valence-corrected chi connectivity index (χ3v) is 5.27. The van der Waals surface area contributed by atoms with Gasteiger partial charge in [-0.05, 0) is 66.7 Å². The van der Waals surface area contributed by atoms with E-state index in [0.29, 0.717) is 33.8 Å². The van der Waals surface area contributed by atoms with Gasteiger partial charge in [-0.15, -0.1) is 0 Å². The molecule has 2 aromatic heterocycles. The number of amides is 1. The average molecular weight is 448 g/mol. The molecule has 2 heterocycles. The monoisotopic (exact) mass is 448 g/mol. The van der Waals surface area contributed by atoms with E-state index in [4.69, 9.17) is 4.74 Å². The minimum absolute atomic E-state index is 0.257. The van der Waals surface area contributed by atoms with Crippen LogP contribution in [-0.4, -0.2) is 20.0 Å². The van der Waals surface area contributed by atoms with Crippen LogP contribution in [0.5, 0.6) is 11.5 Å². The molecule has 0 spiro atoms. The van der Waals surface area contributed by atoms with E-state index in [-0.39, 0.29) is 11.6 Å². The second-order valence-corrected chi connectivity index (χ2v) is 7.47. The first-order valence-corrected chi connectivity index (χ1v) is 10.6. The molecular formula is C27H20N4O3. The van der Waals surface area contributed by atoms with Crippen LogP contribution in [0.3, 0.4) is 0 Å². The second kappa shape index (κ2) is 8.91. The smallest absolute Gasteiger partial charge is 0.338 e. The number of ether oxygens (including phenoxy) is 1. The van der Waals surface area contributed by atoms with Gasteiger partial charge in [0, 0.05) is 11.9 Å². The van der Waals surface area contributed by atoms with Crippen molar-refractivity contribution >= 4 is 22.6 Å². The highest BCUT2D eigenvalue weighted by molar-refractivity contribution is 5.99. The van der Waals surface area contributed by atoms with Crippen molar-refractivity contribution in [1.29, 1.82) is 0 Å². The fourth-order valence-corrected chi connectivity index (χ4v) is 3.75. The summed E-state index contributed by atoms with van der Waals surface area (Å²) in [6.45, 7) is 3.47. The number of pyridine rings is 1. The van der Waals surface area contributed by atoms with Crippen LogP contribution in [0.1, 0.15) is 0 Å². The Kier molecular flexibility index (Phi) is 5.50. The Labute approximate surface area is 195 Å². The third kappa shape index (κ3) is 3.98. The van der Waals surface area contributed by atoms with E-state index in [9.17, 15) is 9.59 Å². The Balaban J connectivity index is 1.57. The highest BCUT2D eigenvalue weighted by Gasteiger charge is 2.16. The van der Waals surface area contributed by atoms with E-state index in [1.54, 1.807) is 51.9 Å². The summed E-state index contributed by atoms with van der Waals surface area (Å²) in [5.41, 5.74) is 2.94. The van der Waals surface area contributed by atoms with Gasteiger partial charge in [-0.2, -0.15) is 0 Å². The van der Waals surface area contributed by atoms with Gasteiger partial charge in [0.25, 0.3) is 0 Å². The number of imidazole rings is 1. The number of carbonyl (C=O) groups excluding carboxylic acids is 1. The summed E-state index contributed by atoms with van der Waals surface area (Å²) in [6.07, 6.45) is 4.49. The number of rotatable bonds is 6. The zero-order valence-electron chi connectivity index (χ0n) is 18.1. The van der Waals surface area contributed by atoms with Gasteiger partial charge < -0.3 is 10.1 Å². The molecule has 3 aromatic carbocycles. The van der Waals surface area contributed by atoms with Crippen molar-refractivity contribution in [2.24, 2.45) is 0 Å². The van der Waals surface area contributed by atoms with Crippen LogP contribution in [0, 0.1) is 0 Å². The molecule has 0 atom stereocenters. The van der Waals surface area contributed by atoms with E-state index < -0.39 is 0 Å². The van der Waals surface area contributed by atoms with Crippen molar-refractivity contribution in [2.45, 2.75) is 0 Å². The Bertz CT molecular complexity index is 1550. The van der Waals surface area contributed by atoms with Gasteiger partial charge in [-0.3, -0.25) is 18.9 Å². The van der Waals surface area contributed by atoms with Crippen molar-refractivity contribution in [3.63, 3.8) is 0 Å². The topological polar surface area (TPSA) is 78.2 Å². The van der Waals surface area contributed by atoms with E-state index in [1.165, 1.54) is 6.08 Å². The number of carbonyl (C=O) groups is 1. The van der Waals surface area contributed by atoms with Crippen molar-refractivity contribution in [2.75, 3.05) is 5.32 Å². The van der Waals surface area contributed by atoms with Crippen LogP contribution in [0.2, 0.25) is 0 Å². The lowest BCUT2D eigenvalue weighted by Crippen LogP contribution is -2.22. The Morgan fingerprint density at radius 1 is 0.853 bits per heavy atom. The van der Waals surface area contributed by atoms with Crippen molar-refractivity contribution in [3.05, 3.63) is 120 Å². The maximum Gasteiger partial charge on any atom is 0.338 e. The zero-order chi connectivity index (χ0) is 23.5. The molecule has 0 radical (unpaired) electrons. The lowest BCUT2D eigenvalue weighted by molar-refractivity contribution is -0.111. The molecule has 34 heavy (non-hydrogen) atoms. The van der Waals surface area contributed by atoms with Gasteiger partial charge in [-0.25, -0.2) is 4.79 Å². The molecule has 0 aliphatic carbocycles. The quantitative estimate of drug-likeness (QED) is 0.367. The fraction of sp³-hybridized carbons (Fsp3) is 0. The van der Waals surface area contributed by atoms with Gasteiger partial charge in [0.15, 0.2) is 0 Å². The Hall–Kier alpha value is -4.91. The third-order valence-electron chi connectivity index (χ3n) is 5.27. The molecule has 7 nitrogen and oxygen atoms in total. The summed E-state index contributed by atoms with van der Waals surface area (Å²) in [5.74, 6) is 1.07. The average Bonchev–Trinajstić information content (AvgIpc) is 3.17. The highest BCUT2D eigenvalue weighted by atomic mass is 16.5. The SMILES string of the molecule is C=CC(=O)Nc1cccc(-n2c(=O)n(-c3ccc(Oc4ccccc4)cc3)c3ccncc32)c1. The first kappa shape index (κ1) is 21.0. The molecule has 1 amide bonds. The van der Waals surface area contributed by atoms with Crippen LogP contribution >= 0.6 is 0 Å². The molecular weight excluding hydrogens is 428 g/mol. The Morgan fingerprint density at radius 2 is 1.59 bits per heavy atom. The summed E-state index contributed by atoms with van der Waals surface area (Å²) in [4.78, 5) is 29.6. The fourth-order valence-electron chi connectivity index (χ4n) is 3.75. The number of nitrogens with zero attached hydrogens (tertiary/aromatic N) is 3. The molecule has 0 fully saturated rings. The van der Waals surface area contributed by atoms with Crippen LogP contribution in [-0.2, 0) is 4.79 Å². The molecule has 5 rings (SSSR count). The molecule has 0 bridgehead atoms. The molecule has 166 valence electrons. The standard InChI is InChI=1S/C27H20N4O3/c1-2-26(32)29-19-7-6-8-21(17-19)31-25-18-28-16-15-24(25)30(27(31)33)20-11-13-23(14-12-20)34-22-9-4-3-5-10-22/h2-18H,1H2,(H,29,32). The van der Waals surface area contributed by atoms with Gasteiger partial charge >= 0.3 is 5.69 Å². The number of aromatic nitrogens is 3. The maximum absolute atomic E-state index is 13.6. The molecule has 0 saturated carbocycles. The lowest BCUT2D eigenvalue weighted by atomic mass is 10.2. The molecule has 0 aliphatic heterocycles. The van der Waals surface area contributed by atoms with Crippen molar-refractivity contribution < 1.29 is 9.53 Å². The minimum Gasteiger partial charge on any atom is -0.457 e. The minimum atomic E-state index is -0.327. The largest absolute Gasteiger partial charge is 0.457 e. The highest BCUT2D eigenvalue weighted by Crippen LogP contribution is 2.25. The summed E-state index contributed by atoms with van der Waals surface area (Å²) in [5, 5.41) is 2.73. The number of para-hydroxylation sites is 1. The van der Waals surface area contributed by atoms with Crippen LogP contribution < -0.4 is 15.7 Å². The first-order chi connectivity index (χ1) is 16.6. The van der Waals surface area contributed by atoms with E-state index in [1.807, 2.05) is 54.6 Å². The summed E-state index contributed by atoms with van der Waals surface area (Å²) >= 11 is 0. The number of anilines is 1. The molecule has 7 heteroatoms.